The monoisotopic (exact) mass is 370 g/mol. The summed E-state index contributed by atoms with van der Waals surface area (Å²) in [5.41, 5.74) is 0.205. The predicted octanol–water partition coefficient (Wildman–Crippen LogP) is 3.63. The molecule has 8 heteroatoms. The normalized spacial score (nSPS) is 13.1. The fraction of sp³-hybridized carbons (Fsp3) is 0.211. The first kappa shape index (κ1) is 19.9. The lowest BCUT2D eigenvalue weighted by atomic mass is 9.92. The lowest BCUT2D eigenvalue weighted by Crippen LogP contribution is -2.38. The number of nitroso groups, excluding NO2 is 2. The van der Waals surface area contributed by atoms with Crippen LogP contribution in [0.5, 0.6) is 11.5 Å². The second-order valence-corrected chi connectivity index (χ2v) is 6.17. The fourth-order valence-electron chi connectivity index (χ4n) is 2.15. The summed E-state index contributed by atoms with van der Waals surface area (Å²) in [6.45, 7) is 0.326. The highest BCUT2D eigenvalue weighted by molar-refractivity contribution is 5.80. The number of ether oxygens (including phenoxy) is 1. The molecule has 0 aromatic heterocycles. The fourth-order valence-corrected chi connectivity index (χ4v) is 2.15. The Morgan fingerprint density at radius 1 is 1.11 bits per heavy atom. The van der Waals surface area contributed by atoms with Gasteiger partial charge in [0, 0.05) is 6.07 Å². The average Bonchev–Trinajstić information content (AvgIpc) is 2.66. The smallest absolute Gasteiger partial charge is 0.321 e. The molecule has 0 bridgehead atoms. The van der Waals surface area contributed by atoms with E-state index in [4.69, 9.17) is 4.74 Å². The van der Waals surface area contributed by atoms with Crippen LogP contribution >= 0.6 is 0 Å². The number of phenols is 1. The van der Waals surface area contributed by atoms with E-state index < -0.39 is 24.5 Å². The van der Waals surface area contributed by atoms with Gasteiger partial charge in [0.05, 0.1) is 13.2 Å². The minimum Gasteiger partial charge on any atom is -0.508 e. The summed E-state index contributed by atoms with van der Waals surface area (Å²) in [6.07, 6.45) is 3.42. The third-order valence-corrected chi connectivity index (χ3v) is 3.85. The second kappa shape index (κ2) is 8.81. The molecule has 0 aliphatic carbocycles. The standard InChI is InChI=1S/C19H18N2O6/c1-19(12-22,11-20-25)18(24)27-17-9-14(8-16(23)10-17)3-2-13-4-6-15(21-26)7-5-13/h2-10,22-23H,11-12H2,1H3/b3-2+. The van der Waals surface area contributed by atoms with E-state index in [0.29, 0.717) is 11.3 Å². The zero-order valence-electron chi connectivity index (χ0n) is 14.5. The lowest BCUT2D eigenvalue weighted by Gasteiger charge is -2.21. The van der Waals surface area contributed by atoms with E-state index in [0.717, 1.165) is 5.56 Å². The number of aliphatic hydroxyl groups is 1. The maximum absolute atomic E-state index is 12.2. The Hall–Kier alpha value is -3.39. The van der Waals surface area contributed by atoms with Crippen molar-refractivity contribution in [3.05, 3.63) is 63.4 Å². The zero-order valence-corrected chi connectivity index (χ0v) is 14.5. The van der Waals surface area contributed by atoms with Crippen molar-refractivity contribution >= 4 is 23.8 Å². The summed E-state index contributed by atoms with van der Waals surface area (Å²) in [5.74, 6) is -0.896. The first-order chi connectivity index (χ1) is 12.9. The highest BCUT2D eigenvalue weighted by atomic mass is 16.5. The summed E-state index contributed by atoms with van der Waals surface area (Å²) in [4.78, 5) is 33.1. The van der Waals surface area contributed by atoms with Crippen molar-refractivity contribution in [1.29, 1.82) is 0 Å². The van der Waals surface area contributed by atoms with Gasteiger partial charge in [-0.3, -0.25) is 4.79 Å². The summed E-state index contributed by atoms with van der Waals surface area (Å²) < 4.78 is 5.19. The molecular weight excluding hydrogens is 352 g/mol. The molecule has 140 valence electrons. The minimum absolute atomic E-state index is 0.0609. The van der Waals surface area contributed by atoms with Crippen LogP contribution in [0.2, 0.25) is 0 Å². The quantitative estimate of drug-likeness (QED) is 0.316. The van der Waals surface area contributed by atoms with E-state index in [1.165, 1.54) is 25.1 Å². The summed E-state index contributed by atoms with van der Waals surface area (Å²) in [7, 11) is 0. The molecule has 0 aliphatic rings. The van der Waals surface area contributed by atoms with Gasteiger partial charge in [0.2, 0.25) is 0 Å². The van der Waals surface area contributed by atoms with E-state index in [-0.39, 0.29) is 11.5 Å². The van der Waals surface area contributed by atoms with Crippen LogP contribution in [0.1, 0.15) is 18.1 Å². The van der Waals surface area contributed by atoms with E-state index in [9.17, 15) is 24.8 Å². The van der Waals surface area contributed by atoms with Gasteiger partial charge in [-0.15, -0.1) is 4.91 Å². The minimum atomic E-state index is -1.46. The maximum atomic E-state index is 12.2. The number of carbonyl (C=O) groups excluding carboxylic acids is 1. The van der Waals surface area contributed by atoms with Gasteiger partial charge >= 0.3 is 5.97 Å². The molecule has 1 atom stereocenters. The Morgan fingerprint density at radius 3 is 2.37 bits per heavy atom. The molecular formula is C19H18N2O6. The first-order valence-corrected chi connectivity index (χ1v) is 7.98. The average molecular weight is 370 g/mol. The van der Waals surface area contributed by atoms with Gasteiger partial charge < -0.3 is 14.9 Å². The molecule has 0 amide bonds. The van der Waals surface area contributed by atoms with Crippen molar-refractivity contribution < 1.29 is 19.7 Å². The van der Waals surface area contributed by atoms with Crippen molar-refractivity contribution in [1.82, 2.24) is 0 Å². The number of hydrogen-bond donors (Lipinski definition) is 2. The van der Waals surface area contributed by atoms with Gasteiger partial charge in [0.25, 0.3) is 0 Å². The van der Waals surface area contributed by atoms with Crippen LogP contribution in [0.3, 0.4) is 0 Å². The Balaban J connectivity index is 2.19. The Kier molecular flexibility index (Phi) is 6.51. The van der Waals surface area contributed by atoms with Crippen LogP contribution in [0.4, 0.5) is 5.69 Å². The molecule has 8 nitrogen and oxygen atoms in total. The first-order valence-electron chi connectivity index (χ1n) is 7.98. The number of benzene rings is 2. The maximum Gasteiger partial charge on any atom is 0.321 e. The molecule has 0 saturated heterocycles. The van der Waals surface area contributed by atoms with Gasteiger partial charge in [-0.25, -0.2) is 0 Å². The van der Waals surface area contributed by atoms with E-state index >= 15 is 0 Å². The highest BCUT2D eigenvalue weighted by Gasteiger charge is 2.35. The molecule has 27 heavy (non-hydrogen) atoms. The molecule has 2 N–H and O–H groups in total. The van der Waals surface area contributed by atoms with Gasteiger partial charge in [0.15, 0.2) is 0 Å². The van der Waals surface area contributed by atoms with Crippen LogP contribution in [0.25, 0.3) is 12.2 Å². The SMILES string of the molecule is CC(CO)(CN=O)C(=O)Oc1cc(O)cc(/C=C/c2ccc(N=O)cc2)c1. The number of hydrogen-bond acceptors (Lipinski definition) is 8. The van der Waals surface area contributed by atoms with Crippen molar-refractivity contribution in [3.8, 4) is 11.5 Å². The number of aromatic hydroxyl groups is 1. The van der Waals surface area contributed by atoms with Crippen LogP contribution in [-0.4, -0.2) is 29.3 Å². The number of carbonyl (C=O) groups is 1. The Morgan fingerprint density at radius 2 is 1.78 bits per heavy atom. The third kappa shape index (κ3) is 5.29. The topological polar surface area (TPSA) is 126 Å². The third-order valence-electron chi connectivity index (χ3n) is 3.85. The number of esters is 1. The van der Waals surface area contributed by atoms with Gasteiger partial charge in [-0.2, -0.15) is 4.91 Å². The molecule has 2 aromatic rings. The molecule has 0 fully saturated rings. The molecule has 2 aromatic carbocycles. The Bertz CT molecular complexity index is 863. The van der Waals surface area contributed by atoms with Crippen LogP contribution in [-0.2, 0) is 4.79 Å². The molecule has 2 rings (SSSR count). The highest BCUT2D eigenvalue weighted by Crippen LogP contribution is 2.26. The number of aliphatic hydroxyl groups excluding tert-OH is 1. The van der Waals surface area contributed by atoms with Crippen LogP contribution < -0.4 is 4.74 Å². The lowest BCUT2D eigenvalue weighted by molar-refractivity contribution is -0.146. The second-order valence-electron chi connectivity index (χ2n) is 6.17. The van der Waals surface area contributed by atoms with Gasteiger partial charge in [0.1, 0.15) is 22.6 Å². The van der Waals surface area contributed by atoms with Crippen LogP contribution in [0.15, 0.2) is 52.8 Å². The Labute approximate surface area is 155 Å². The van der Waals surface area contributed by atoms with Crippen LogP contribution in [0, 0.1) is 15.2 Å². The van der Waals surface area contributed by atoms with E-state index in [1.54, 1.807) is 36.4 Å². The van der Waals surface area contributed by atoms with E-state index in [1.807, 2.05) is 0 Å². The zero-order chi connectivity index (χ0) is 19.9. The predicted molar refractivity (Wildman–Crippen MR) is 100 cm³/mol. The van der Waals surface area contributed by atoms with Crippen molar-refractivity contribution in [2.24, 2.45) is 15.8 Å². The molecule has 0 radical (unpaired) electrons. The van der Waals surface area contributed by atoms with E-state index in [2.05, 4.69) is 10.4 Å². The summed E-state index contributed by atoms with van der Waals surface area (Å²) in [5, 5.41) is 24.7. The number of rotatable bonds is 8. The molecule has 0 spiro atoms. The number of phenolic OH excluding ortho intramolecular Hbond substituents is 1. The molecule has 1 unspecified atom stereocenters. The summed E-state index contributed by atoms with van der Waals surface area (Å²) in [6, 6.07) is 10.8. The van der Waals surface area contributed by atoms with Gasteiger partial charge in [-0.1, -0.05) is 29.5 Å². The van der Waals surface area contributed by atoms with Crippen molar-refractivity contribution in [3.63, 3.8) is 0 Å². The summed E-state index contributed by atoms with van der Waals surface area (Å²) >= 11 is 0. The van der Waals surface area contributed by atoms with Crippen molar-refractivity contribution in [2.45, 2.75) is 6.92 Å². The van der Waals surface area contributed by atoms with Crippen molar-refractivity contribution in [2.75, 3.05) is 13.2 Å². The number of nitrogens with zero attached hydrogens (tertiary/aromatic N) is 2. The molecule has 0 saturated carbocycles. The molecule has 0 heterocycles. The largest absolute Gasteiger partial charge is 0.508 e. The molecule has 0 aliphatic heterocycles. The van der Waals surface area contributed by atoms with Gasteiger partial charge in [-0.05, 0) is 47.5 Å².